The lowest BCUT2D eigenvalue weighted by Gasteiger charge is -2.33. The Morgan fingerprint density at radius 2 is 2.07 bits per heavy atom. The van der Waals surface area contributed by atoms with E-state index in [0.717, 1.165) is 37.9 Å². The molecular weight excluding hydrogens is 344 g/mol. The van der Waals surface area contributed by atoms with Crippen LogP contribution in [-0.2, 0) is 19.6 Å². The van der Waals surface area contributed by atoms with E-state index in [9.17, 15) is 9.59 Å². The predicted molar refractivity (Wildman–Crippen MR) is 100 cm³/mol. The molecule has 8 nitrogen and oxygen atoms in total. The van der Waals surface area contributed by atoms with Crippen molar-refractivity contribution in [3.8, 4) is 0 Å². The van der Waals surface area contributed by atoms with Gasteiger partial charge in [0.25, 0.3) is 11.5 Å². The first-order valence-corrected chi connectivity index (χ1v) is 9.81. The minimum Gasteiger partial charge on any atom is -0.345 e. The van der Waals surface area contributed by atoms with E-state index in [4.69, 9.17) is 0 Å². The number of aryl methyl sites for hydroxylation is 1. The van der Waals surface area contributed by atoms with Crippen LogP contribution in [0, 0.1) is 0 Å². The predicted octanol–water partition coefficient (Wildman–Crippen LogP) is 1.43. The van der Waals surface area contributed by atoms with Crippen molar-refractivity contribution < 1.29 is 4.79 Å². The molecule has 0 bridgehead atoms. The molecule has 3 heterocycles. The summed E-state index contributed by atoms with van der Waals surface area (Å²) in [5, 5.41) is 7.49. The number of aromatic amines is 1. The van der Waals surface area contributed by atoms with Gasteiger partial charge in [-0.2, -0.15) is 5.10 Å². The number of H-pyrrole nitrogens is 1. The number of nitrogens with zero attached hydrogens (tertiary/aromatic N) is 4. The molecule has 8 heteroatoms. The summed E-state index contributed by atoms with van der Waals surface area (Å²) in [7, 11) is 0. The van der Waals surface area contributed by atoms with E-state index >= 15 is 0 Å². The van der Waals surface area contributed by atoms with Crippen LogP contribution >= 0.6 is 0 Å². The summed E-state index contributed by atoms with van der Waals surface area (Å²) >= 11 is 0. The van der Waals surface area contributed by atoms with Gasteiger partial charge in [-0.15, -0.1) is 0 Å². The van der Waals surface area contributed by atoms with Gasteiger partial charge < -0.3 is 10.3 Å². The number of aromatic nitrogens is 4. The van der Waals surface area contributed by atoms with Crippen molar-refractivity contribution in [3.05, 3.63) is 45.9 Å². The van der Waals surface area contributed by atoms with Crippen molar-refractivity contribution >= 4 is 5.91 Å². The lowest BCUT2D eigenvalue weighted by molar-refractivity contribution is 0.0945. The molecule has 144 valence electrons. The Kier molecular flexibility index (Phi) is 5.33. The second-order valence-corrected chi connectivity index (χ2v) is 7.45. The second kappa shape index (κ2) is 8.04. The van der Waals surface area contributed by atoms with Crippen molar-refractivity contribution in [3.63, 3.8) is 0 Å². The molecule has 1 aliphatic heterocycles. The molecule has 0 spiro atoms. The Morgan fingerprint density at radius 3 is 2.85 bits per heavy atom. The zero-order valence-electron chi connectivity index (χ0n) is 15.5. The summed E-state index contributed by atoms with van der Waals surface area (Å²) in [6.45, 7) is 3.35. The fourth-order valence-electron chi connectivity index (χ4n) is 4.12. The molecule has 1 saturated carbocycles. The van der Waals surface area contributed by atoms with Crippen LogP contribution in [0.1, 0.15) is 60.4 Å². The highest BCUT2D eigenvalue weighted by molar-refractivity contribution is 5.91. The van der Waals surface area contributed by atoms with Gasteiger partial charge in [-0.25, -0.2) is 4.98 Å². The maximum absolute atomic E-state index is 12.1. The van der Waals surface area contributed by atoms with E-state index in [-0.39, 0.29) is 17.2 Å². The summed E-state index contributed by atoms with van der Waals surface area (Å²) < 4.78 is 2.09. The fourth-order valence-corrected chi connectivity index (χ4v) is 4.12. The third kappa shape index (κ3) is 4.27. The summed E-state index contributed by atoms with van der Waals surface area (Å²) in [6, 6.07) is 2.80. The van der Waals surface area contributed by atoms with Crippen LogP contribution in [0.2, 0.25) is 0 Å². The molecule has 0 saturated heterocycles. The molecule has 0 atom stereocenters. The van der Waals surface area contributed by atoms with Gasteiger partial charge in [-0.05, 0) is 25.3 Å². The Balaban J connectivity index is 1.39. The summed E-state index contributed by atoms with van der Waals surface area (Å²) in [6.07, 6.45) is 10.2. The molecule has 1 fully saturated rings. The maximum atomic E-state index is 12.1. The molecule has 0 radical (unpaired) electrons. The molecule has 2 aliphatic rings. The van der Waals surface area contributed by atoms with Crippen molar-refractivity contribution in [2.45, 2.75) is 64.2 Å². The van der Waals surface area contributed by atoms with E-state index in [2.05, 4.69) is 36.0 Å². The minimum atomic E-state index is -0.327. The highest BCUT2D eigenvalue weighted by Gasteiger charge is 2.24. The molecule has 2 aromatic rings. The lowest BCUT2D eigenvalue weighted by Crippen LogP contribution is -2.36. The number of carbonyl (C=O) groups excluding carboxylic acids is 1. The van der Waals surface area contributed by atoms with Crippen LogP contribution in [0.4, 0.5) is 0 Å². The standard InChI is InChI=1S/C19H26N6O2/c26-18-12-20-17(11-21-18)19(27)22-10-14-9-16-13-24(7-4-8-25(16)23-14)15-5-2-1-3-6-15/h9,11-12,15H,1-8,10,13H2,(H,21,26)(H,22,27). The highest BCUT2D eigenvalue weighted by atomic mass is 16.2. The van der Waals surface area contributed by atoms with E-state index in [0.29, 0.717) is 12.6 Å². The normalized spacial score (nSPS) is 18.7. The van der Waals surface area contributed by atoms with Crippen LogP contribution in [0.25, 0.3) is 0 Å². The number of carbonyl (C=O) groups is 1. The zero-order chi connectivity index (χ0) is 18.6. The van der Waals surface area contributed by atoms with Gasteiger partial charge in [0.2, 0.25) is 0 Å². The highest BCUT2D eigenvalue weighted by Crippen LogP contribution is 2.25. The van der Waals surface area contributed by atoms with Gasteiger partial charge in [0, 0.05) is 31.9 Å². The second-order valence-electron chi connectivity index (χ2n) is 7.45. The summed E-state index contributed by atoms with van der Waals surface area (Å²) in [4.78, 5) is 32.1. The fraction of sp³-hybridized carbons (Fsp3) is 0.579. The first-order chi connectivity index (χ1) is 13.2. The molecule has 2 aromatic heterocycles. The third-order valence-corrected chi connectivity index (χ3v) is 5.52. The number of rotatable bonds is 4. The lowest BCUT2D eigenvalue weighted by atomic mass is 9.94. The largest absolute Gasteiger partial charge is 0.345 e. The van der Waals surface area contributed by atoms with Crippen molar-refractivity contribution in [1.29, 1.82) is 0 Å². The number of hydrogen-bond donors (Lipinski definition) is 2. The molecule has 4 rings (SSSR count). The first kappa shape index (κ1) is 17.9. The van der Waals surface area contributed by atoms with Gasteiger partial charge >= 0.3 is 0 Å². The average molecular weight is 370 g/mol. The van der Waals surface area contributed by atoms with Crippen LogP contribution in [0.3, 0.4) is 0 Å². The minimum absolute atomic E-state index is 0.193. The number of nitrogens with one attached hydrogen (secondary N) is 2. The van der Waals surface area contributed by atoms with Gasteiger partial charge in [0.05, 0.1) is 24.1 Å². The van der Waals surface area contributed by atoms with Crippen LogP contribution in [0.5, 0.6) is 0 Å². The maximum Gasteiger partial charge on any atom is 0.271 e. The number of amides is 1. The van der Waals surface area contributed by atoms with E-state index < -0.39 is 0 Å². The molecule has 2 N–H and O–H groups in total. The van der Waals surface area contributed by atoms with Crippen LogP contribution in [0.15, 0.2) is 23.3 Å². The SMILES string of the molecule is O=C(NCc1cc2n(n1)CCCN(C1CCCCC1)C2)c1c[nH]c(=O)cn1. The van der Waals surface area contributed by atoms with Crippen molar-refractivity contribution in [2.75, 3.05) is 6.54 Å². The Bertz CT molecular complexity index is 832. The Morgan fingerprint density at radius 1 is 1.22 bits per heavy atom. The molecule has 27 heavy (non-hydrogen) atoms. The zero-order valence-corrected chi connectivity index (χ0v) is 15.5. The average Bonchev–Trinajstić information content (AvgIpc) is 2.97. The monoisotopic (exact) mass is 370 g/mol. The Labute approximate surface area is 158 Å². The van der Waals surface area contributed by atoms with Gasteiger partial charge in [-0.3, -0.25) is 19.2 Å². The first-order valence-electron chi connectivity index (χ1n) is 9.81. The van der Waals surface area contributed by atoms with E-state index in [1.54, 1.807) is 0 Å². The van der Waals surface area contributed by atoms with Gasteiger partial charge in [0.1, 0.15) is 5.69 Å². The van der Waals surface area contributed by atoms with E-state index in [1.165, 1.54) is 44.0 Å². The number of hydrogen-bond acceptors (Lipinski definition) is 5. The molecule has 0 aromatic carbocycles. The number of fused-ring (bicyclic) bond motifs is 1. The molecule has 0 unspecified atom stereocenters. The van der Waals surface area contributed by atoms with Crippen molar-refractivity contribution in [2.24, 2.45) is 0 Å². The van der Waals surface area contributed by atoms with Crippen molar-refractivity contribution in [1.82, 2.24) is 30.0 Å². The summed E-state index contributed by atoms with van der Waals surface area (Å²) in [5.41, 5.74) is 1.95. The van der Waals surface area contributed by atoms with E-state index in [1.807, 2.05) is 0 Å². The van der Waals surface area contributed by atoms with Gasteiger partial charge in [0.15, 0.2) is 0 Å². The Hall–Kier alpha value is -2.48. The van der Waals surface area contributed by atoms with Crippen LogP contribution in [-0.4, -0.2) is 43.1 Å². The van der Waals surface area contributed by atoms with Gasteiger partial charge in [-0.1, -0.05) is 19.3 Å². The quantitative estimate of drug-likeness (QED) is 0.849. The molecular formula is C19H26N6O2. The van der Waals surface area contributed by atoms with Crippen LogP contribution < -0.4 is 10.9 Å². The third-order valence-electron chi connectivity index (χ3n) is 5.52. The summed E-state index contributed by atoms with van der Waals surface area (Å²) in [5.74, 6) is -0.321. The molecule has 1 amide bonds. The smallest absolute Gasteiger partial charge is 0.271 e. The topological polar surface area (TPSA) is 95.9 Å². The molecule has 1 aliphatic carbocycles.